The number of aryl methyl sites for hydroxylation is 1. The molecule has 0 aliphatic carbocycles. The van der Waals surface area contributed by atoms with E-state index in [1.165, 1.54) is 0 Å². The van der Waals surface area contributed by atoms with Gasteiger partial charge < -0.3 is 4.74 Å². The van der Waals surface area contributed by atoms with Crippen LogP contribution in [0.2, 0.25) is 0 Å². The number of benzene rings is 3. The van der Waals surface area contributed by atoms with Gasteiger partial charge in [-0.3, -0.25) is 30.1 Å². The van der Waals surface area contributed by atoms with Crippen LogP contribution in [0.15, 0.2) is 78.9 Å². The zero-order valence-electron chi connectivity index (χ0n) is 18.4. The third kappa shape index (κ3) is 5.57. The predicted octanol–water partition coefficient (Wildman–Crippen LogP) is 3.81. The molecule has 9 heteroatoms. The lowest BCUT2D eigenvalue weighted by atomic mass is 10.1. The van der Waals surface area contributed by atoms with Crippen LogP contribution in [-0.2, 0) is 16.1 Å². The summed E-state index contributed by atoms with van der Waals surface area (Å²) in [5.41, 5.74) is 8.50. The molecule has 0 unspecified atom stereocenters. The van der Waals surface area contributed by atoms with Crippen LogP contribution in [-0.4, -0.2) is 33.2 Å². The largest absolute Gasteiger partial charge is 0.483 e. The van der Waals surface area contributed by atoms with Crippen LogP contribution in [0.3, 0.4) is 0 Å². The maximum Gasteiger partial charge on any atom is 0.276 e. The number of H-pyrrole nitrogens is 1. The van der Waals surface area contributed by atoms with Crippen LogP contribution >= 0.6 is 12.2 Å². The van der Waals surface area contributed by atoms with Gasteiger partial charge in [0.05, 0.1) is 0 Å². The second kappa shape index (κ2) is 10.6. The lowest BCUT2D eigenvalue weighted by molar-refractivity contribution is -0.130. The van der Waals surface area contributed by atoms with Crippen molar-refractivity contribution in [2.75, 3.05) is 6.61 Å². The molecule has 4 aromatic rings. The molecule has 4 rings (SSSR count). The molecule has 0 fully saturated rings. The number of rotatable bonds is 7. The van der Waals surface area contributed by atoms with Crippen molar-refractivity contribution in [1.29, 1.82) is 0 Å². The SMILES string of the molecule is Cc1cccc(-c2n[nH]c(=S)n2CC(=O)NNC(=O)COc2ccccc2-c2ccccc2)c1. The summed E-state index contributed by atoms with van der Waals surface area (Å²) in [5, 5.41) is 6.94. The maximum absolute atomic E-state index is 12.5. The summed E-state index contributed by atoms with van der Waals surface area (Å²) in [6.07, 6.45) is 0. The number of carbonyl (C=O) groups is 2. The summed E-state index contributed by atoms with van der Waals surface area (Å²) in [7, 11) is 0. The van der Waals surface area contributed by atoms with Crippen LogP contribution in [0, 0.1) is 11.7 Å². The Hall–Kier alpha value is -4.24. The molecule has 3 N–H and O–H groups in total. The van der Waals surface area contributed by atoms with E-state index < -0.39 is 11.8 Å². The van der Waals surface area contributed by atoms with Crippen molar-refractivity contribution in [3.05, 3.63) is 89.2 Å². The van der Waals surface area contributed by atoms with Crippen LogP contribution < -0.4 is 15.6 Å². The first-order chi connectivity index (χ1) is 16.5. The van der Waals surface area contributed by atoms with Gasteiger partial charge in [0.15, 0.2) is 17.2 Å². The molecule has 1 aromatic heterocycles. The Morgan fingerprint density at radius 2 is 1.65 bits per heavy atom. The molecule has 0 atom stereocenters. The second-order valence-electron chi connectivity index (χ2n) is 7.56. The molecule has 0 spiro atoms. The van der Waals surface area contributed by atoms with Crippen molar-refractivity contribution in [3.63, 3.8) is 0 Å². The van der Waals surface area contributed by atoms with E-state index in [0.717, 1.165) is 22.3 Å². The molecule has 0 saturated carbocycles. The fourth-order valence-corrected chi connectivity index (χ4v) is 3.62. The molecule has 0 radical (unpaired) electrons. The number of carbonyl (C=O) groups excluding carboxylic acids is 2. The van der Waals surface area contributed by atoms with Gasteiger partial charge in [0.2, 0.25) is 0 Å². The molecular formula is C25H23N5O3S. The highest BCUT2D eigenvalue weighted by Crippen LogP contribution is 2.29. The van der Waals surface area contributed by atoms with Crippen molar-refractivity contribution < 1.29 is 14.3 Å². The van der Waals surface area contributed by atoms with Crippen molar-refractivity contribution in [3.8, 4) is 28.3 Å². The molecule has 2 amide bonds. The molecular weight excluding hydrogens is 450 g/mol. The summed E-state index contributed by atoms with van der Waals surface area (Å²) in [6, 6.07) is 24.9. The maximum atomic E-state index is 12.5. The Morgan fingerprint density at radius 3 is 2.44 bits per heavy atom. The molecule has 0 bridgehead atoms. The second-order valence-corrected chi connectivity index (χ2v) is 7.94. The first-order valence-electron chi connectivity index (χ1n) is 10.6. The number of hydrogen-bond donors (Lipinski definition) is 3. The lowest BCUT2D eigenvalue weighted by Gasteiger charge is -2.12. The number of hydrogen-bond acceptors (Lipinski definition) is 5. The number of aromatic amines is 1. The van der Waals surface area contributed by atoms with Gasteiger partial charge in [0.1, 0.15) is 12.3 Å². The Bertz CT molecular complexity index is 1360. The average molecular weight is 474 g/mol. The average Bonchev–Trinajstić information content (AvgIpc) is 3.22. The Labute approximate surface area is 201 Å². The number of nitrogens with one attached hydrogen (secondary N) is 3. The van der Waals surface area contributed by atoms with Gasteiger partial charge in [-0.1, -0.05) is 72.3 Å². The van der Waals surface area contributed by atoms with Gasteiger partial charge in [-0.25, -0.2) is 0 Å². The first-order valence-corrected chi connectivity index (χ1v) is 11.0. The number of amides is 2. The van der Waals surface area contributed by atoms with E-state index in [2.05, 4.69) is 21.0 Å². The molecule has 1 heterocycles. The highest BCUT2D eigenvalue weighted by Gasteiger charge is 2.14. The number of hydrazine groups is 1. The number of nitrogens with zero attached hydrogens (tertiary/aromatic N) is 2. The number of aromatic nitrogens is 3. The summed E-state index contributed by atoms with van der Waals surface area (Å²) >= 11 is 5.27. The Balaban J connectivity index is 1.34. The Morgan fingerprint density at radius 1 is 0.941 bits per heavy atom. The van der Waals surface area contributed by atoms with Gasteiger partial charge in [-0.15, -0.1) is 0 Å². The molecule has 3 aromatic carbocycles. The lowest BCUT2D eigenvalue weighted by Crippen LogP contribution is -2.45. The number of para-hydroxylation sites is 1. The normalized spacial score (nSPS) is 10.5. The zero-order chi connectivity index (χ0) is 23.9. The Kier molecular flexibility index (Phi) is 7.14. The van der Waals surface area contributed by atoms with E-state index in [9.17, 15) is 9.59 Å². The van der Waals surface area contributed by atoms with Crippen LogP contribution in [0.4, 0.5) is 0 Å². The standard InChI is InChI=1S/C25H23N5O3S/c1-17-8-7-11-19(14-17)24-28-29-25(34)30(24)15-22(31)26-27-23(32)16-33-21-13-6-5-12-20(21)18-9-3-2-4-10-18/h2-14H,15-16H2,1H3,(H,26,31)(H,27,32)(H,29,34). The molecule has 172 valence electrons. The minimum atomic E-state index is -0.495. The van der Waals surface area contributed by atoms with Gasteiger partial charge in [-0.2, -0.15) is 5.10 Å². The summed E-state index contributed by atoms with van der Waals surface area (Å²) < 4.78 is 7.57. The molecule has 34 heavy (non-hydrogen) atoms. The van der Waals surface area contributed by atoms with Crippen molar-refractivity contribution >= 4 is 24.0 Å². The van der Waals surface area contributed by atoms with Crippen molar-refractivity contribution in [1.82, 2.24) is 25.6 Å². The van der Waals surface area contributed by atoms with Crippen molar-refractivity contribution in [2.24, 2.45) is 0 Å². The summed E-state index contributed by atoms with van der Waals surface area (Å²) in [5.74, 6) is 0.161. The smallest absolute Gasteiger partial charge is 0.276 e. The zero-order valence-corrected chi connectivity index (χ0v) is 19.3. The van der Waals surface area contributed by atoms with E-state index in [1.807, 2.05) is 79.7 Å². The topological polar surface area (TPSA) is 101 Å². The third-order valence-corrected chi connectivity index (χ3v) is 5.32. The van der Waals surface area contributed by atoms with E-state index in [4.69, 9.17) is 17.0 Å². The van der Waals surface area contributed by atoms with E-state index in [0.29, 0.717) is 16.3 Å². The van der Waals surface area contributed by atoms with Crippen LogP contribution in [0.1, 0.15) is 5.56 Å². The van der Waals surface area contributed by atoms with Gasteiger partial charge >= 0.3 is 0 Å². The third-order valence-electron chi connectivity index (χ3n) is 5.01. The molecule has 0 saturated heterocycles. The summed E-state index contributed by atoms with van der Waals surface area (Å²) in [6.45, 7) is 1.60. The monoisotopic (exact) mass is 473 g/mol. The number of ether oxygens (including phenoxy) is 1. The molecule has 0 aliphatic heterocycles. The van der Waals surface area contributed by atoms with E-state index in [-0.39, 0.29) is 13.2 Å². The van der Waals surface area contributed by atoms with Crippen LogP contribution in [0.5, 0.6) is 5.75 Å². The molecule has 8 nitrogen and oxygen atoms in total. The van der Waals surface area contributed by atoms with Gasteiger partial charge in [0, 0.05) is 11.1 Å². The highest BCUT2D eigenvalue weighted by molar-refractivity contribution is 7.71. The minimum absolute atomic E-state index is 0.114. The van der Waals surface area contributed by atoms with Gasteiger partial charge in [-0.05, 0) is 36.8 Å². The van der Waals surface area contributed by atoms with E-state index in [1.54, 1.807) is 10.6 Å². The highest BCUT2D eigenvalue weighted by atomic mass is 32.1. The quantitative estimate of drug-likeness (QED) is 0.280. The first kappa shape index (κ1) is 22.9. The van der Waals surface area contributed by atoms with Crippen LogP contribution in [0.25, 0.3) is 22.5 Å². The van der Waals surface area contributed by atoms with E-state index >= 15 is 0 Å². The van der Waals surface area contributed by atoms with Crippen molar-refractivity contribution in [2.45, 2.75) is 13.5 Å². The van der Waals surface area contributed by atoms with Gasteiger partial charge in [0.25, 0.3) is 11.8 Å². The predicted molar refractivity (Wildman–Crippen MR) is 131 cm³/mol. The molecule has 0 aliphatic rings. The summed E-state index contributed by atoms with van der Waals surface area (Å²) in [4.78, 5) is 24.7. The fourth-order valence-electron chi connectivity index (χ4n) is 3.42. The minimum Gasteiger partial charge on any atom is -0.483 e. The fraction of sp³-hybridized carbons (Fsp3) is 0.120.